The van der Waals surface area contributed by atoms with Crippen LogP contribution in [0.4, 0.5) is 0 Å². The van der Waals surface area contributed by atoms with Gasteiger partial charge in [0, 0.05) is 60.3 Å². The van der Waals surface area contributed by atoms with E-state index in [1.54, 1.807) is 0 Å². The van der Waals surface area contributed by atoms with Crippen LogP contribution in [0.25, 0.3) is 68.6 Å². The van der Waals surface area contributed by atoms with Crippen LogP contribution >= 0.6 is 22.6 Å². The van der Waals surface area contributed by atoms with Crippen molar-refractivity contribution in [2.24, 2.45) is 0 Å². The highest BCUT2D eigenvalue weighted by Gasteiger charge is 2.18. The standard InChI is InChI=1S/C41H40IN5/c1-3-5-7-9-30-32-15-19-36(44-32)40(27-11-13-29(42)14-12-27)37-20-16-33(45-37)31(10-8-6-4-2)35-18-22-39(47-35)41(28-23-25-43-26-24-28)38-21-17-34(30)46-38/h11-26,44-45H,3-10H2,1-2H3. The molecule has 2 aliphatic heterocycles. The van der Waals surface area contributed by atoms with Gasteiger partial charge in [-0.2, -0.15) is 0 Å². The minimum atomic E-state index is 0.934. The van der Waals surface area contributed by atoms with E-state index in [1.807, 2.05) is 12.4 Å². The molecule has 0 fully saturated rings. The first-order valence-electron chi connectivity index (χ1n) is 16.9. The van der Waals surface area contributed by atoms with Crippen LogP contribution in [-0.2, 0) is 12.8 Å². The Labute approximate surface area is 290 Å². The molecule has 0 saturated heterocycles. The summed E-state index contributed by atoms with van der Waals surface area (Å²) in [4.78, 5) is 22.7. The number of unbranched alkanes of at least 4 members (excludes halogenated alkanes) is 4. The smallest absolute Gasteiger partial charge is 0.0737 e. The van der Waals surface area contributed by atoms with Crippen molar-refractivity contribution < 1.29 is 0 Å². The average Bonchev–Trinajstić information content (AvgIpc) is 3.92. The monoisotopic (exact) mass is 729 g/mol. The van der Waals surface area contributed by atoms with Crippen molar-refractivity contribution in [3.63, 3.8) is 0 Å². The molecular weight excluding hydrogens is 689 g/mol. The fourth-order valence-corrected chi connectivity index (χ4v) is 7.06. The number of nitrogens with one attached hydrogen (secondary N) is 2. The van der Waals surface area contributed by atoms with Crippen molar-refractivity contribution in [2.75, 3.05) is 0 Å². The topological polar surface area (TPSA) is 70.2 Å². The van der Waals surface area contributed by atoms with Gasteiger partial charge in [0.15, 0.2) is 0 Å². The highest BCUT2D eigenvalue weighted by Crippen LogP contribution is 2.35. The summed E-state index contributed by atoms with van der Waals surface area (Å²) in [5, 5.41) is 0. The quantitative estimate of drug-likeness (QED) is 0.109. The third-order valence-corrected chi connectivity index (χ3v) is 9.85. The molecule has 6 heterocycles. The highest BCUT2D eigenvalue weighted by atomic mass is 127. The van der Waals surface area contributed by atoms with Crippen molar-refractivity contribution in [3.05, 3.63) is 111 Å². The maximum atomic E-state index is 5.33. The maximum absolute atomic E-state index is 5.33. The minimum Gasteiger partial charge on any atom is -0.355 e. The van der Waals surface area contributed by atoms with E-state index in [-0.39, 0.29) is 0 Å². The molecular formula is C41H40IN5. The van der Waals surface area contributed by atoms with Gasteiger partial charge in [0.25, 0.3) is 0 Å². The van der Waals surface area contributed by atoms with Crippen LogP contribution < -0.4 is 0 Å². The molecule has 1 aromatic carbocycles. The number of fused-ring (bicyclic) bond motifs is 8. The van der Waals surface area contributed by atoms with Gasteiger partial charge in [0.05, 0.1) is 22.8 Å². The zero-order valence-electron chi connectivity index (χ0n) is 27.1. The summed E-state index contributed by atoms with van der Waals surface area (Å²) < 4.78 is 1.22. The maximum Gasteiger partial charge on any atom is 0.0737 e. The number of halogens is 1. The highest BCUT2D eigenvalue weighted by molar-refractivity contribution is 14.1. The largest absolute Gasteiger partial charge is 0.355 e. The summed E-state index contributed by atoms with van der Waals surface area (Å²) in [6, 6.07) is 21.9. The molecule has 0 saturated carbocycles. The molecule has 0 amide bonds. The van der Waals surface area contributed by atoms with Gasteiger partial charge < -0.3 is 9.97 Å². The molecule has 0 atom stereocenters. The number of pyridine rings is 1. The zero-order chi connectivity index (χ0) is 32.2. The third-order valence-electron chi connectivity index (χ3n) is 9.13. The second-order valence-electron chi connectivity index (χ2n) is 12.4. The molecule has 0 unspecified atom stereocenters. The number of hydrogen-bond donors (Lipinski definition) is 2. The lowest BCUT2D eigenvalue weighted by molar-refractivity contribution is 0.717. The van der Waals surface area contributed by atoms with Gasteiger partial charge in [0.2, 0.25) is 0 Å². The predicted molar refractivity (Wildman–Crippen MR) is 207 cm³/mol. The molecule has 0 aliphatic carbocycles. The Hall–Kier alpha value is -4.30. The Bertz CT molecular complexity index is 2010. The summed E-state index contributed by atoms with van der Waals surface area (Å²) in [6.07, 6.45) is 21.2. The second-order valence-corrected chi connectivity index (χ2v) is 13.6. The average molecular weight is 730 g/mol. The van der Waals surface area contributed by atoms with Gasteiger partial charge in [-0.25, -0.2) is 9.97 Å². The summed E-state index contributed by atoms with van der Waals surface area (Å²) in [6.45, 7) is 4.51. The first-order valence-corrected chi connectivity index (χ1v) is 18.0. The number of nitrogens with zero attached hydrogens (tertiary/aromatic N) is 3. The fraction of sp³-hybridized carbons (Fsp3) is 0.244. The Morgan fingerprint density at radius 1 is 0.511 bits per heavy atom. The molecule has 5 nitrogen and oxygen atoms in total. The molecule has 0 radical (unpaired) electrons. The van der Waals surface area contributed by atoms with E-state index in [0.29, 0.717) is 0 Å². The normalized spacial score (nSPS) is 12.2. The number of aromatic nitrogens is 5. The summed E-state index contributed by atoms with van der Waals surface area (Å²) in [5.41, 5.74) is 15.2. The van der Waals surface area contributed by atoms with Gasteiger partial charge in [-0.3, -0.25) is 4.98 Å². The van der Waals surface area contributed by atoms with E-state index in [4.69, 9.17) is 9.97 Å². The van der Waals surface area contributed by atoms with Crippen LogP contribution in [0.5, 0.6) is 0 Å². The summed E-state index contributed by atoms with van der Waals surface area (Å²) >= 11 is 2.38. The Morgan fingerprint density at radius 2 is 0.979 bits per heavy atom. The molecule has 6 heteroatoms. The number of H-pyrrole nitrogens is 2. The Morgan fingerprint density at radius 3 is 1.49 bits per heavy atom. The minimum absolute atomic E-state index is 0.934. The van der Waals surface area contributed by atoms with E-state index in [0.717, 1.165) is 87.2 Å². The van der Waals surface area contributed by atoms with Crippen LogP contribution in [0.2, 0.25) is 0 Å². The first-order chi connectivity index (χ1) is 23.1. The molecule has 7 rings (SSSR count). The van der Waals surface area contributed by atoms with E-state index >= 15 is 0 Å². The molecule has 2 N–H and O–H groups in total. The Balaban J connectivity index is 1.60. The number of aryl methyl sites for hydroxylation is 2. The molecule has 4 aromatic heterocycles. The van der Waals surface area contributed by atoms with Crippen molar-refractivity contribution in [1.82, 2.24) is 24.9 Å². The van der Waals surface area contributed by atoms with Crippen molar-refractivity contribution >= 4 is 69.0 Å². The lowest BCUT2D eigenvalue weighted by Crippen LogP contribution is -1.94. The number of benzene rings is 1. The molecule has 47 heavy (non-hydrogen) atoms. The second kappa shape index (κ2) is 14.2. The first kappa shape index (κ1) is 31.3. The Kier molecular flexibility index (Phi) is 9.47. The molecule has 0 spiro atoms. The zero-order valence-corrected chi connectivity index (χ0v) is 29.3. The van der Waals surface area contributed by atoms with Gasteiger partial charge in [-0.05, 0) is 132 Å². The van der Waals surface area contributed by atoms with E-state index in [1.165, 1.54) is 45.9 Å². The van der Waals surface area contributed by atoms with Crippen molar-refractivity contribution in [2.45, 2.75) is 65.2 Å². The fourth-order valence-electron chi connectivity index (χ4n) is 6.70. The predicted octanol–water partition coefficient (Wildman–Crippen LogP) is 11.5. The van der Waals surface area contributed by atoms with Crippen molar-refractivity contribution in [1.29, 1.82) is 0 Å². The van der Waals surface area contributed by atoms with Crippen LogP contribution in [0, 0.1) is 3.57 Å². The lowest BCUT2D eigenvalue weighted by Gasteiger charge is -2.06. The van der Waals surface area contributed by atoms with Crippen molar-refractivity contribution in [3.8, 4) is 22.3 Å². The number of hydrogen-bond acceptors (Lipinski definition) is 3. The number of rotatable bonds is 10. The van der Waals surface area contributed by atoms with Crippen LogP contribution in [0.15, 0.2) is 73.1 Å². The molecule has 2 aliphatic rings. The van der Waals surface area contributed by atoms with E-state index < -0.39 is 0 Å². The SMILES string of the molecule is CCCCCc1c2nc(c(-c3ccncc3)c3nc(c(CCCCC)c4ccc([nH]4)c(-c4ccc(I)cc4)c4ccc1[nH]4)C=C3)C=C2. The van der Waals surface area contributed by atoms with Crippen LogP contribution in [0.3, 0.4) is 0 Å². The van der Waals surface area contributed by atoms with Gasteiger partial charge in [0.1, 0.15) is 0 Å². The van der Waals surface area contributed by atoms with Gasteiger partial charge >= 0.3 is 0 Å². The van der Waals surface area contributed by atoms with Crippen LogP contribution in [0.1, 0.15) is 86.3 Å². The van der Waals surface area contributed by atoms with E-state index in [2.05, 4.69) is 136 Å². The van der Waals surface area contributed by atoms with Gasteiger partial charge in [-0.15, -0.1) is 0 Å². The number of aromatic amines is 2. The summed E-state index contributed by atoms with van der Waals surface area (Å²) in [7, 11) is 0. The molecule has 236 valence electrons. The lowest BCUT2D eigenvalue weighted by atomic mass is 10.0. The van der Waals surface area contributed by atoms with Gasteiger partial charge in [-0.1, -0.05) is 51.7 Å². The van der Waals surface area contributed by atoms with E-state index in [9.17, 15) is 0 Å². The molecule has 8 bridgehead atoms. The third kappa shape index (κ3) is 6.61. The molecule has 5 aromatic rings. The summed E-state index contributed by atoms with van der Waals surface area (Å²) in [5.74, 6) is 0. The van der Waals surface area contributed by atoms with Crippen LogP contribution in [-0.4, -0.2) is 24.9 Å².